The third kappa shape index (κ3) is 4.52. The molecule has 4 aromatic rings. The van der Waals surface area contributed by atoms with E-state index < -0.39 is 18.8 Å². The van der Waals surface area contributed by atoms with Crippen molar-refractivity contribution in [3.05, 3.63) is 72.6 Å². The molecule has 0 saturated heterocycles. The number of ether oxygens (including phenoxy) is 1. The van der Waals surface area contributed by atoms with Gasteiger partial charge in [0, 0.05) is 29.0 Å². The lowest BCUT2D eigenvalue weighted by Crippen LogP contribution is -2.45. The molecule has 0 atom stereocenters. The highest BCUT2D eigenvalue weighted by Crippen LogP contribution is 2.37. The van der Waals surface area contributed by atoms with Gasteiger partial charge in [0.15, 0.2) is 5.82 Å². The fourth-order valence-corrected chi connectivity index (χ4v) is 3.82. The zero-order valence-corrected chi connectivity index (χ0v) is 18.5. The lowest BCUT2D eigenvalue weighted by molar-refractivity contribution is -0.115. The van der Waals surface area contributed by atoms with Gasteiger partial charge in [-0.3, -0.25) is 9.88 Å². The molecule has 0 bridgehead atoms. The molecule has 1 N–H and O–H groups in total. The molecule has 0 spiro atoms. The number of fused-ring (bicyclic) bond motifs is 2. The van der Waals surface area contributed by atoms with Gasteiger partial charge in [-0.2, -0.15) is 18.2 Å². The molecule has 5 rings (SSSR count). The van der Waals surface area contributed by atoms with Crippen molar-refractivity contribution in [2.45, 2.75) is 12.7 Å². The van der Waals surface area contributed by atoms with Crippen LogP contribution < -0.4 is 19.9 Å². The number of carbonyl (C=O) groups is 1. The van der Waals surface area contributed by atoms with Crippen LogP contribution in [0.3, 0.4) is 0 Å². The molecule has 0 saturated carbocycles. The van der Waals surface area contributed by atoms with Gasteiger partial charge in [0.1, 0.15) is 12.3 Å². The summed E-state index contributed by atoms with van der Waals surface area (Å²) in [6, 6.07) is 15.5. The second-order valence-corrected chi connectivity index (χ2v) is 7.79. The minimum atomic E-state index is -4.44. The molecule has 0 aliphatic carbocycles. The van der Waals surface area contributed by atoms with Crippen LogP contribution in [-0.2, 0) is 6.54 Å². The fourth-order valence-electron chi connectivity index (χ4n) is 3.82. The summed E-state index contributed by atoms with van der Waals surface area (Å²) < 4.78 is 43.4. The van der Waals surface area contributed by atoms with E-state index in [1.165, 1.54) is 11.1 Å². The van der Waals surface area contributed by atoms with Crippen molar-refractivity contribution in [3.63, 3.8) is 0 Å². The molecule has 35 heavy (non-hydrogen) atoms. The predicted molar refractivity (Wildman–Crippen MR) is 125 cm³/mol. The number of nitrogens with zero attached hydrogens (tertiary/aromatic N) is 5. The number of pyridine rings is 1. The number of hydrogen-bond donors (Lipinski definition) is 1. The third-order valence-electron chi connectivity index (χ3n) is 5.48. The van der Waals surface area contributed by atoms with Gasteiger partial charge < -0.3 is 10.1 Å². The average Bonchev–Trinajstić information content (AvgIpc) is 2.86. The molecular formula is C24H19F3N6O2. The maximum Gasteiger partial charge on any atom is 0.405 e. The Labute approximate surface area is 198 Å². The van der Waals surface area contributed by atoms with Crippen molar-refractivity contribution in [3.8, 4) is 5.75 Å². The van der Waals surface area contributed by atoms with Crippen molar-refractivity contribution < 1.29 is 22.7 Å². The number of urea groups is 1. The number of benzene rings is 2. The van der Waals surface area contributed by atoms with E-state index in [1.807, 2.05) is 6.07 Å². The van der Waals surface area contributed by atoms with Crippen LogP contribution >= 0.6 is 0 Å². The smallest absolute Gasteiger partial charge is 0.405 e. The number of anilines is 4. The van der Waals surface area contributed by atoms with E-state index in [-0.39, 0.29) is 18.3 Å². The molecule has 178 valence electrons. The van der Waals surface area contributed by atoms with Gasteiger partial charge in [0.2, 0.25) is 5.95 Å². The van der Waals surface area contributed by atoms with Crippen molar-refractivity contribution in [1.29, 1.82) is 0 Å². The minimum absolute atomic E-state index is 0.145. The Hall–Kier alpha value is -4.41. The number of methoxy groups -OCH3 is 1. The van der Waals surface area contributed by atoms with Crippen LogP contribution in [0.4, 0.5) is 41.1 Å². The van der Waals surface area contributed by atoms with Gasteiger partial charge in [-0.25, -0.2) is 14.7 Å². The maximum absolute atomic E-state index is 13.8. The lowest BCUT2D eigenvalue weighted by Gasteiger charge is -2.36. The molecule has 2 aromatic heterocycles. The van der Waals surface area contributed by atoms with Crippen LogP contribution in [0.5, 0.6) is 5.75 Å². The number of rotatable bonds is 5. The van der Waals surface area contributed by atoms with Gasteiger partial charge in [-0.15, -0.1) is 0 Å². The first kappa shape index (κ1) is 22.4. The topological polar surface area (TPSA) is 83.5 Å². The van der Waals surface area contributed by atoms with Crippen molar-refractivity contribution in [2.75, 3.05) is 28.8 Å². The molecule has 1 aliphatic rings. The molecule has 2 aromatic carbocycles. The third-order valence-corrected chi connectivity index (χ3v) is 5.48. The average molecular weight is 480 g/mol. The van der Waals surface area contributed by atoms with Crippen LogP contribution in [-0.4, -0.2) is 40.8 Å². The zero-order chi connectivity index (χ0) is 24.6. The number of hydrogen-bond acceptors (Lipinski definition) is 6. The Bertz CT molecular complexity index is 1390. The summed E-state index contributed by atoms with van der Waals surface area (Å²) in [6.07, 6.45) is -1.34. The van der Waals surface area contributed by atoms with Gasteiger partial charge >= 0.3 is 12.2 Å². The highest BCUT2D eigenvalue weighted by molar-refractivity contribution is 6.11. The van der Waals surface area contributed by atoms with Gasteiger partial charge in [-0.05, 0) is 48.5 Å². The summed E-state index contributed by atoms with van der Waals surface area (Å²) in [7, 11) is 1.55. The van der Waals surface area contributed by atoms with Gasteiger partial charge in [-0.1, -0.05) is 6.07 Å². The Balaban J connectivity index is 1.60. The number of nitrogens with one attached hydrogen (secondary N) is 1. The number of halogens is 3. The summed E-state index contributed by atoms with van der Waals surface area (Å²) in [5, 5.41) is 2.98. The van der Waals surface area contributed by atoms with E-state index in [2.05, 4.69) is 20.3 Å². The first-order valence-electron chi connectivity index (χ1n) is 10.6. The summed E-state index contributed by atoms with van der Waals surface area (Å²) in [6.45, 7) is -1.15. The molecule has 8 nitrogen and oxygen atoms in total. The Kier molecular flexibility index (Phi) is 5.59. The van der Waals surface area contributed by atoms with Crippen molar-refractivity contribution in [2.24, 2.45) is 0 Å². The second kappa shape index (κ2) is 8.75. The number of aromatic nitrogens is 3. The Morgan fingerprint density at radius 3 is 2.57 bits per heavy atom. The molecule has 2 amide bonds. The van der Waals surface area contributed by atoms with E-state index >= 15 is 0 Å². The molecule has 0 unspecified atom stereocenters. The highest BCUT2D eigenvalue weighted by Gasteiger charge is 2.35. The molecule has 3 heterocycles. The lowest BCUT2D eigenvalue weighted by atomic mass is 10.1. The molecule has 1 aliphatic heterocycles. The number of carbonyl (C=O) groups excluding carboxylic acids is 1. The monoisotopic (exact) mass is 480 g/mol. The van der Waals surface area contributed by atoms with Gasteiger partial charge in [0.25, 0.3) is 0 Å². The van der Waals surface area contributed by atoms with E-state index in [9.17, 15) is 18.0 Å². The SMILES string of the molecule is COc1ccc(N2Cc3cnc(NCC(F)(F)F)nc3N(c3ccc4ncccc4c3)C2=O)cc1. The molecule has 0 radical (unpaired) electrons. The Morgan fingerprint density at radius 2 is 1.83 bits per heavy atom. The van der Waals surface area contributed by atoms with E-state index in [0.717, 1.165) is 10.9 Å². The second-order valence-electron chi connectivity index (χ2n) is 7.79. The maximum atomic E-state index is 13.8. The summed E-state index contributed by atoms with van der Waals surface area (Å²) in [5.74, 6) is 0.628. The zero-order valence-electron chi connectivity index (χ0n) is 18.5. The van der Waals surface area contributed by atoms with Crippen LogP contribution in [0.1, 0.15) is 5.56 Å². The largest absolute Gasteiger partial charge is 0.497 e. The predicted octanol–water partition coefficient (Wildman–Crippen LogP) is 5.29. The van der Waals surface area contributed by atoms with E-state index in [4.69, 9.17) is 4.74 Å². The molecule has 11 heteroatoms. The molecule has 0 fully saturated rings. The Morgan fingerprint density at radius 1 is 1.06 bits per heavy atom. The molecular weight excluding hydrogens is 461 g/mol. The van der Waals surface area contributed by atoms with Crippen molar-refractivity contribution in [1.82, 2.24) is 15.0 Å². The quantitative estimate of drug-likeness (QED) is 0.418. The van der Waals surface area contributed by atoms with E-state index in [0.29, 0.717) is 22.7 Å². The van der Waals surface area contributed by atoms with Gasteiger partial charge in [0.05, 0.1) is 24.9 Å². The summed E-state index contributed by atoms with van der Waals surface area (Å²) >= 11 is 0. The van der Waals surface area contributed by atoms with Crippen LogP contribution in [0, 0.1) is 0 Å². The highest BCUT2D eigenvalue weighted by atomic mass is 19.4. The fraction of sp³-hybridized carbons (Fsp3) is 0.167. The number of alkyl halides is 3. The van der Waals surface area contributed by atoms with Crippen LogP contribution in [0.2, 0.25) is 0 Å². The van der Waals surface area contributed by atoms with Crippen LogP contribution in [0.25, 0.3) is 10.9 Å². The first-order chi connectivity index (χ1) is 16.8. The standard InChI is InChI=1S/C24H19F3N6O2/c1-35-19-7-4-17(5-8-19)32-13-16-12-29-22(30-14-24(25,26)27)31-21(16)33(23(32)34)18-6-9-20-15(11-18)3-2-10-28-20/h2-12H,13-14H2,1H3,(H,29,30,31). The normalized spacial score (nSPS) is 13.7. The van der Waals surface area contributed by atoms with E-state index in [1.54, 1.807) is 66.7 Å². The minimum Gasteiger partial charge on any atom is -0.497 e. The first-order valence-corrected chi connectivity index (χ1v) is 10.6. The summed E-state index contributed by atoms with van der Waals surface area (Å²) in [5.41, 5.74) is 2.43. The van der Waals surface area contributed by atoms with Crippen molar-refractivity contribution >= 4 is 40.1 Å². The number of amides is 2. The van der Waals surface area contributed by atoms with Crippen LogP contribution in [0.15, 0.2) is 67.0 Å². The summed E-state index contributed by atoms with van der Waals surface area (Å²) in [4.78, 5) is 29.3.